The Bertz CT molecular complexity index is 524. The zero-order valence-corrected chi connectivity index (χ0v) is 10.6. The van der Waals surface area contributed by atoms with Crippen LogP contribution in [0.5, 0.6) is 0 Å². The first-order valence-electron chi connectivity index (χ1n) is 5.22. The van der Waals surface area contributed by atoms with Crippen molar-refractivity contribution in [3.8, 4) is 0 Å². The van der Waals surface area contributed by atoms with E-state index < -0.39 is 27.6 Å². The van der Waals surface area contributed by atoms with Crippen LogP contribution in [0.15, 0.2) is 35.2 Å². The predicted octanol–water partition coefficient (Wildman–Crippen LogP) is 0.733. The first kappa shape index (κ1) is 14.2. The van der Waals surface area contributed by atoms with Gasteiger partial charge < -0.3 is 10.1 Å². The summed E-state index contributed by atoms with van der Waals surface area (Å²) in [7, 11) is -4.11. The van der Waals surface area contributed by atoms with Crippen LogP contribution in [0.3, 0.4) is 0 Å². The third kappa shape index (κ3) is 3.56. The number of sulfone groups is 1. The van der Waals surface area contributed by atoms with Crippen LogP contribution in [-0.2, 0) is 19.4 Å². The van der Waals surface area contributed by atoms with Gasteiger partial charge in [0.05, 0.1) is 11.5 Å². The average Bonchev–Trinajstić information content (AvgIpc) is 2.37. The Morgan fingerprint density at radius 3 is 2.39 bits per heavy atom. The van der Waals surface area contributed by atoms with Crippen molar-refractivity contribution in [2.45, 2.75) is 11.8 Å². The molecule has 0 aliphatic carbocycles. The molecule has 0 aliphatic heterocycles. The summed E-state index contributed by atoms with van der Waals surface area (Å²) in [6.45, 7) is 1.30. The molecule has 0 fully saturated rings. The van der Waals surface area contributed by atoms with Gasteiger partial charge in [-0.05, 0) is 19.1 Å². The molecule has 98 valence electrons. The number of amides is 1. The van der Waals surface area contributed by atoms with E-state index in [1.54, 1.807) is 13.0 Å². The molecule has 7 heteroatoms. The molecule has 0 saturated carbocycles. The van der Waals surface area contributed by atoms with E-state index in [0.29, 0.717) is 0 Å². The highest BCUT2D eigenvalue weighted by atomic mass is 32.2. The van der Waals surface area contributed by atoms with Crippen LogP contribution < -0.4 is 5.32 Å². The predicted molar refractivity (Wildman–Crippen MR) is 63.7 cm³/mol. The van der Waals surface area contributed by atoms with Crippen molar-refractivity contribution in [3.05, 3.63) is 30.3 Å². The fourth-order valence-corrected chi connectivity index (χ4v) is 2.15. The maximum Gasteiger partial charge on any atom is 0.341 e. The lowest BCUT2D eigenvalue weighted by Crippen LogP contribution is -2.34. The smallest absolute Gasteiger partial charge is 0.341 e. The molecule has 0 bridgehead atoms. The van der Waals surface area contributed by atoms with Crippen molar-refractivity contribution in [1.82, 2.24) is 5.32 Å². The minimum atomic E-state index is -4.11. The number of hydrogen-bond donors (Lipinski definition) is 1. The monoisotopic (exact) mass is 271 g/mol. The molecule has 1 aromatic carbocycles. The Hall–Kier alpha value is -1.89. The largest absolute Gasteiger partial charge is 0.465 e. The summed E-state index contributed by atoms with van der Waals surface area (Å²) < 4.78 is 28.0. The number of nitrogens with one attached hydrogen (secondary N) is 1. The summed E-state index contributed by atoms with van der Waals surface area (Å²) in [5.41, 5.74) is 0. The van der Waals surface area contributed by atoms with Crippen LogP contribution in [0.2, 0.25) is 0 Å². The van der Waals surface area contributed by atoms with Gasteiger partial charge in [-0.15, -0.1) is 0 Å². The van der Waals surface area contributed by atoms with Gasteiger partial charge in [-0.2, -0.15) is 0 Å². The molecule has 1 aromatic rings. The molecule has 0 aliphatic rings. The second-order valence-electron chi connectivity index (χ2n) is 3.26. The third-order valence-electron chi connectivity index (χ3n) is 1.98. The zero-order chi connectivity index (χ0) is 13.6. The van der Waals surface area contributed by atoms with Gasteiger partial charge in [0.2, 0.25) is 0 Å². The Labute approximate surface area is 105 Å². The van der Waals surface area contributed by atoms with Gasteiger partial charge in [0.25, 0.3) is 9.84 Å². The zero-order valence-electron chi connectivity index (χ0n) is 9.75. The molecule has 0 unspecified atom stereocenters. The first-order valence-corrected chi connectivity index (χ1v) is 6.70. The Kier molecular flexibility index (Phi) is 4.85. The Balaban J connectivity index is 2.70. The van der Waals surface area contributed by atoms with Gasteiger partial charge in [-0.25, -0.2) is 8.42 Å². The maximum absolute atomic E-state index is 11.7. The lowest BCUT2D eigenvalue weighted by atomic mass is 10.4. The van der Waals surface area contributed by atoms with Crippen molar-refractivity contribution in [3.63, 3.8) is 0 Å². The summed E-state index contributed by atoms with van der Waals surface area (Å²) in [5, 5.41) is 0.784. The molecule has 1 rings (SSSR count). The van der Waals surface area contributed by atoms with Crippen LogP contribution in [0.25, 0.3) is 0 Å². The van der Waals surface area contributed by atoms with Crippen molar-refractivity contribution in [2.24, 2.45) is 0 Å². The van der Waals surface area contributed by atoms with Crippen LogP contribution in [0.1, 0.15) is 6.92 Å². The number of esters is 1. The van der Waals surface area contributed by atoms with E-state index in [1.165, 1.54) is 24.3 Å². The molecular weight excluding hydrogens is 258 g/mol. The van der Waals surface area contributed by atoms with Gasteiger partial charge in [0.15, 0.2) is 0 Å². The quantitative estimate of drug-likeness (QED) is 0.815. The van der Waals surface area contributed by atoms with E-state index >= 15 is 0 Å². The highest BCUT2D eigenvalue weighted by molar-refractivity contribution is 8.06. The normalized spacial score (nSPS) is 10.7. The number of hydrogen-bond acceptors (Lipinski definition) is 5. The van der Waals surface area contributed by atoms with Gasteiger partial charge in [0.1, 0.15) is 6.54 Å². The van der Waals surface area contributed by atoms with Crippen LogP contribution in [0, 0.1) is 0 Å². The number of ether oxygens (including phenoxy) is 1. The third-order valence-corrected chi connectivity index (χ3v) is 3.51. The number of rotatable bonds is 4. The van der Waals surface area contributed by atoms with Crippen molar-refractivity contribution >= 4 is 21.0 Å². The topological polar surface area (TPSA) is 89.5 Å². The molecule has 0 aromatic heterocycles. The minimum absolute atomic E-state index is 0.119. The molecule has 0 spiro atoms. The van der Waals surface area contributed by atoms with E-state index in [9.17, 15) is 18.0 Å². The Morgan fingerprint density at radius 1 is 1.22 bits per heavy atom. The average molecular weight is 271 g/mol. The molecule has 1 N–H and O–H groups in total. The second kappa shape index (κ2) is 6.15. The summed E-state index contributed by atoms with van der Waals surface area (Å²) in [4.78, 5) is 22.3. The van der Waals surface area contributed by atoms with Crippen molar-refractivity contribution < 1.29 is 22.7 Å². The lowest BCUT2D eigenvalue weighted by Gasteiger charge is -2.05. The first-order chi connectivity index (χ1) is 8.48. The second-order valence-corrected chi connectivity index (χ2v) is 5.11. The maximum atomic E-state index is 11.7. The van der Waals surface area contributed by atoms with Gasteiger partial charge in [-0.1, -0.05) is 18.2 Å². The van der Waals surface area contributed by atoms with Gasteiger partial charge in [0, 0.05) is 0 Å². The van der Waals surface area contributed by atoms with E-state index in [2.05, 4.69) is 4.74 Å². The fraction of sp³-hybridized carbons (Fsp3) is 0.273. The standard InChI is InChI=1S/C11H13NO5S/c1-2-17-10(13)8-12-11(14)18(15,16)9-6-4-3-5-7-9/h3-7H,2,8H2,1H3,(H,12,14). The summed E-state index contributed by atoms with van der Waals surface area (Å²) >= 11 is 0. The van der Waals surface area contributed by atoms with Crippen LogP contribution >= 0.6 is 0 Å². The van der Waals surface area contributed by atoms with Gasteiger partial charge in [-0.3, -0.25) is 9.59 Å². The van der Waals surface area contributed by atoms with Crippen molar-refractivity contribution in [1.29, 1.82) is 0 Å². The minimum Gasteiger partial charge on any atom is -0.465 e. The fourth-order valence-electron chi connectivity index (χ4n) is 1.16. The molecular formula is C11H13NO5S. The molecule has 0 radical (unpaired) electrons. The molecule has 6 nitrogen and oxygen atoms in total. The summed E-state index contributed by atoms with van der Waals surface area (Å²) in [6.07, 6.45) is 0. The molecule has 1 amide bonds. The molecule has 18 heavy (non-hydrogen) atoms. The highest BCUT2D eigenvalue weighted by Gasteiger charge is 2.24. The van der Waals surface area contributed by atoms with Gasteiger partial charge >= 0.3 is 11.2 Å². The van der Waals surface area contributed by atoms with E-state index in [4.69, 9.17) is 0 Å². The summed E-state index contributed by atoms with van der Waals surface area (Å²) in [5.74, 6) is -0.686. The molecule has 0 atom stereocenters. The number of carbonyl (C=O) groups excluding carboxylic acids is 2. The molecule has 0 heterocycles. The number of carbonyl (C=O) groups is 2. The summed E-state index contributed by atoms with van der Waals surface area (Å²) in [6, 6.07) is 7.26. The van der Waals surface area contributed by atoms with Crippen LogP contribution in [-0.4, -0.2) is 32.8 Å². The highest BCUT2D eigenvalue weighted by Crippen LogP contribution is 2.10. The van der Waals surface area contributed by atoms with E-state index in [0.717, 1.165) is 0 Å². The number of benzene rings is 1. The molecule has 0 saturated heterocycles. The van der Waals surface area contributed by atoms with Crippen molar-refractivity contribution in [2.75, 3.05) is 13.2 Å². The SMILES string of the molecule is CCOC(=O)CNC(=O)S(=O)(=O)c1ccccc1. The van der Waals surface area contributed by atoms with Crippen LogP contribution in [0.4, 0.5) is 4.79 Å². The Morgan fingerprint density at radius 2 is 1.83 bits per heavy atom. The van der Waals surface area contributed by atoms with E-state index in [-0.39, 0.29) is 11.5 Å². The van der Waals surface area contributed by atoms with E-state index in [1.807, 2.05) is 5.32 Å². The lowest BCUT2D eigenvalue weighted by molar-refractivity contribution is -0.141.